The molecule has 4 nitrogen and oxygen atoms in total. The van der Waals surface area contributed by atoms with Crippen LogP contribution >= 0.6 is 0 Å². The molecule has 0 aliphatic carbocycles. The maximum Gasteiger partial charge on any atom is 0.269 e. The summed E-state index contributed by atoms with van der Waals surface area (Å²) in [6.07, 6.45) is 1.89. The Kier molecular flexibility index (Phi) is 4.43. The van der Waals surface area contributed by atoms with E-state index in [1.165, 1.54) is 0 Å². The SMILES string of the molecule is CC(N)CC(C)Cc1ccc([N+](=O)[O-])cc1. The minimum atomic E-state index is -0.380. The van der Waals surface area contributed by atoms with Crippen LogP contribution in [0.1, 0.15) is 25.8 Å². The standard InChI is InChI=1S/C12H18N2O2/c1-9(7-10(2)13)8-11-3-5-12(6-4-11)14(15)16/h3-6,9-10H,7-8,13H2,1-2H3. The summed E-state index contributed by atoms with van der Waals surface area (Å²) in [4.78, 5) is 10.1. The number of benzene rings is 1. The van der Waals surface area contributed by atoms with Crippen molar-refractivity contribution in [3.8, 4) is 0 Å². The minimum Gasteiger partial charge on any atom is -0.328 e. The van der Waals surface area contributed by atoms with Crippen LogP contribution in [0, 0.1) is 16.0 Å². The summed E-state index contributed by atoms with van der Waals surface area (Å²) in [5.41, 5.74) is 6.99. The van der Waals surface area contributed by atoms with E-state index < -0.39 is 0 Å². The van der Waals surface area contributed by atoms with Gasteiger partial charge >= 0.3 is 0 Å². The molecule has 0 aliphatic rings. The number of rotatable bonds is 5. The van der Waals surface area contributed by atoms with Crippen molar-refractivity contribution in [3.05, 3.63) is 39.9 Å². The zero-order valence-corrected chi connectivity index (χ0v) is 9.72. The topological polar surface area (TPSA) is 69.2 Å². The molecule has 1 aromatic rings. The summed E-state index contributed by atoms with van der Waals surface area (Å²) >= 11 is 0. The van der Waals surface area contributed by atoms with E-state index in [1.54, 1.807) is 12.1 Å². The lowest BCUT2D eigenvalue weighted by atomic mass is 9.95. The molecule has 88 valence electrons. The van der Waals surface area contributed by atoms with E-state index in [-0.39, 0.29) is 16.7 Å². The van der Waals surface area contributed by atoms with Gasteiger partial charge < -0.3 is 5.73 Å². The second-order valence-corrected chi connectivity index (χ2v) is 4.45. The van der Waals surface area contributed by atoms with Crippen LogP contribution in [0.2, 0.25) is 0 Å². The van der Waals surface area contributed by atoms with Gasteiger partial charge in [0.1, 0.15) is 0 Å². The third-order valence-electron chi connectivity index (χ3n) is 2.51. The molecule has 0 amide bonds. The number of non-ortho nitro benzene ring substituents is 1. The molecule has 0 fully saturated rings. The van der Waals surface area contributed by atoms with Gasteiger partial charge in [-0.15, -0.1) is 0 Å². The minimum absolute atomic E-state index is 0.142. The van der Waals surface area contributed by atoms with Crippen molar-refractivity contribution in [1.82, 2.24) is 0 Å². The Balaban J connectivity index is 2.58. The maximum absolute atomic E-state index is 10.5. The van der Waals surface area contributed by atoms with Gasteiger partial charge in [-0.25, -0.2) is 0 Å². The van der Waals surface area contributed by atoms with Crippen LogP contribution in [0.3, 0.4) is 0 Å². The molecule has 2 unspecified atom stereocenters. The van der Waals surface area contributed by atoms with E-state index in [9.17, 15) is 10.1 Å². The summed E-state index contributed by atoms with van der Waals surface area (Å²) in [7, 11) is 0. The predicted octanol–water partition coefficient (Wildman–Crippen LogP) is 2.51. The number of nitro groups is 1. The molecule has 0 heterocycles. The number of nitrogens with zero attached hydrogens (tertiary/aromatic N) is 1. The molecule has 4 heteroatoms. The van der Waals surface area contributed by atoms with Crippen molar-refractivity contribution in [2.24, 2.45) is 11.7 Å². The van der Waals surface area contributed by atoms with E-state index in [0.717, 1.165) is 18.4 Å². The molecule has 0 radical (unpaired) electrons. The van der Waals surface area contributed by atoms with E-state index in [0.29, 0.717) is 5.92 Å². The zero-order valence-electron chi connectivity index (χ0n) is 9.72. The van der Waals surface area contributed by atoms with Gasteiger partial charge in [0.2, 0.25) is 0 Å². The van der Waals surface area contributed by atoms with Gasteiger partial charge in [-0.1, -0.05) is 19.1 Å². The van der Waals surface area contributed by atoms with Crippen LogP contribution in [0.25, 0.3) is 0 Å². The Bertz CT molecular complexity index is 347. The van der Waals surface area contributed by atoms with Gasteiger partial charge in [-0.05, 0) is 31.2 Å². The molecular weight excluding hydrogens is 204 g/mol. The van der Waals surface area contributed by atoms with Crippen molar-refractivity contribution >= 4 is 5.69 Å². The van der Waals surface area contributed by atoms with Crippen molar-refractivity contribution < 1.29 is 4.92 Å². The van der Waals surface area contributed by atoms with Crippen LogP contribution in [0.4, 0.5) is 5.69 Å². The van der Waals surface area contributed by atoms with Crippen molar-refractivity contribution in [3.63, 3.8) is 0 Å². The molecule has 2 N–H and O–H groups in total. The lowest BCUT2D eigenvalue weighted by Gasteiger charge is -2.13. The Morgan fingerprint density at radius 2 is 1.88 bits per heavy atom. The number of hydrogen-bond donors (Lipinski definition) is 1. The highest BCUT2D eigenvalue weighted by Crippen LogP contribution is 2.16. The molecule has 0 saturated heterocycles. The molecule has 0 aliphatic heterocycles. The Labute approximate surface area is 95.6 Å². The Hall–Kier alpha value is -1.42. The summed E-state index contributed by atoms with van der Waals surface area (Å²) in [5, 5.41) is 10.5. The van der Waals surface area contributed by atoms with Gasteiger partial charge in [0, 0.05) is 18.2 Å². The highest BCUT2D eigenvalue weighted by Gasteiger charge is 2.08. The zero-order chi connectivity index (χ0) is 12.1. The fraction of sp³-hybridized carbons (Fsp3) is 0.500. The average Bonchev–Trinajstić information content (AvgIpc) is 2.16. The molecule has 1 rings (SSSR count). The maximum atomic E-state index is 10.5. The van der Waals surface area contributed by atoms with Crippen LogP contribution in [-0.4, -0.2) is 11.0 Å². The lowest BCUT2D eigenvalue weighted by molar-refractivity contribution is -0.384. The normalized spacial score (nSPS) is 14.4. The molecule has 0 saturated carbocycles. The number of hydrogen-bond acceptors (Lipinski definition) is 3. The van der Waals surface area contributed by atoms with Gasteiger partial charge in [0.25, 0.3) is 5.69 Å². The van der Waals surface area contributed by atoms with Gasteiger partial charge in [0.15, 0.2) is 0 Å². The third kappa shape index (κ3) is 3.98. The van der Waals surface area contributed by atoms with E-state index in [2.05, 4.69) is 6.92 Å². The predicted molar refractivity (Wildman–Crippen MR) is 64.2 cm³/mol. The fourth-order valence-corrected chi connectivity index (χ4v) is 1.87. The van der Waals surface area contributed by atoms with Crippen molar-refractivity contribution in [2.45, 2.75) is 32.7 Å². The lowest BCUT2D eigenvalue weighted by Crippen LogP contribution is -2.19. The first-order valence-corrected chi connectivity index (χ1v) is 5.48. The molecule has 0 aromatic heterocycles. The number of nitrogens with two attached hydrogens (primary N) is 1. The first kappa shape index (κ1) is 12.6. The van der Waals surface area contributed by atoms with Crippen LogP contribution in [0.5, 0.6) is 0 Å². The molecule has 2 atom stereocenters. The summed E-state index contributed by atoms with van der Waals surface area (Å²) in [6, 6.07) is 6.93. The van der Waals surface area contributed by atoms with Crippen molar-refractivity contribution in [2.75, 3.05) is 0 Å². The Morgan fingerprint density at radius 3 is 2.31 bits per heavy atom. The van der Waals surface area contributed by atoms with Crippen LogP contribution in [-0.2, 0) is 6.42 Å². The summed E-state index contributed by atoms with van der Waals surface area (Å²) < 4.78 is 0. The van der Waals surface area contributed by atoms with E-state index in [1.807, 2.05) is 19.1 Å². The highest BCUT2D eigenvalue weighted by atomic mass is 16.6. The summed E-state index contributed by atoms with van der Waals surface area (Å²) in [6.45, 7) is 4.14. The second-order valence-electron chi connectivity index (χ2n) is 4.45. The highest BCUT2D eigenvalue weighted by molar-refractivity contribution is 5.32. The first-order valence-electron chi connectivity index (χ1n) is 5.48. The first-order chi connectivity index (χ1) is 7.49. The molecule has 1 aromatic carbocycles. The molecular formula is C12H18N2O2. The Morgan fingerprint density at radius 1 is 1.31 bits per heavy atom. The number of nitro benzene ring substituents is 1. The molecule has 16 heavy (non-hydrogen) atoms. The summed E-state index contributed by atoms with van der Waals surface area (Å²) in [5.74, 6) is 0.501. The van der Waals surface area contributed by atoms with Crippen LogP contribution < -0.4 is 5.73 Å². The van der Waals surface area contributed by atoms with Gasteiger partial charge in [-0.2, -0.15) is 0 Å². The quantitative estimate of drug-likeness (QED) is 0.614. The average molecular weight is 222 g/mol. The smallest absolute Gasteiger partial charge is 0.269 e. The fourth-order valence-electron chi connectivity index (χ4n) is 1.87. The largest absolute Gasteiger partial charge is 0.328 e. The van der Waals surface area contributed by atoms with Gasteiger partial charge in [0.05, 0.1) is 4.92 Å². The van der Waals surface area contributed by atoms with E-state index in [4.69, 9.17) is 5.73 Å². The molecule has 0 bridgehead atoms. The van der Waals surface area contributed by atoms with Crippen LogP contribution in [0.15, 0.2) is 24.3 Å². The monoisotopic (exact) mass is 222 g/mol. The van der Waals surface area contributed by atoms with Crippen molar-refractivity contribution in [1.29, 1.82) is 0 Å². The van der Waals surface area contributed by atoms with E-state index >= 15 is 0 Å². The second kappa shape index (κ2) is 5.61. The van der Waals surface area contributed by atoms with Gasteiger partial charge in [-0.3, -0.25) is 10.1 Å². The molecule has 0 spiro atoms. The third-order valence-corrected chi connectivity index (χ3v) is 2.51.